The van der Waals surface area contributed by atoms with Crippen molar-refractivity contribution in [1.82, 2.24) is 15.2 Å². The number of carbonyl (C=O) groups is 1. The van der Waals surface area contributed by atoms with Crippen LogP contribution in [0.25, 0.3) is 11.0 Å². The molecule has 0 bridgehead atoms. The molecule has 0 amide bonds. The third-order valence-electron chi connectivity index (χ3n) is 5.69. The van der Waals surface area contributed by atoms with E-state index in [1.807, 2.05) is 0 Å². The van der Waals surface area contributed by atoms with Gasteiger partial charge >= 0.3 is 0 Å². The molecular formula is C26H27N3O4S. The number of unbranched alkanes of at least 4 members (excludes halogenated alkanes) is 1. The Morgan fingerprint density at radius 3 is 2.59 bits per heavy atom. The number of benzene rings is 2. The van der Waals surface area contributed by atoms with Gasteiger partial charge in [-0.15, -0.1) is 0 Å². The van der Waals surface area contributed by atoms with Gasteiger partial charge in [-0.3, -0.25) is 9.89 Å². The maximum absolute atomic E-state index is 13.2. The van der Waals surface area contributed by atoms with Gasteiger partial charge in [0.1, 0.15) is 5.75 Å². The second-order valence-corrected chi connectivity index (χ2v) is 10.1. The molecule has 2 heterocycles. The first-order valence-corrected chi connectivity index (χ1v) is 12.8. The van der Waals surface area contributed by atoms with Gasteiger partial charge in [0.2, 0.25) is 9.84 Å². The molecule has 0 aliphatic carbocycles. The van der Waals surface area contributed by atoms with Gasteiger partial charge in [0.15, 0.2) is 11.4 Å². The van der Waals surface area contributed by atoms with Gasteiger partial charge in [-0.1, -0.05) is 25.5 Å². The Morgan fingerprint density at radius 2 is 1.85 bits per heavy atom. The van der Waals surface area contributed by atoms with E-state index >= 15 is 0 Å². The number of hydrogen-bond acceptors (Lipinski definition) is 6. The van der Waals surface area contributed by atoms with E-state index in [1.54, 1.807) is 67.8 Å². The molecule has 0 atom stereocenters. The SMILES string of the molecule is CCCCOc1ccc(S(=O)(=O)c2ccc(CCC(=O)c3cnc4[nH]ncc4c3)cc2)c(C)c1. The van der Waals surface area contributed by atoms with Crippen LogP contribution in [0, 0.1) is 6.92 Å². The molecule has 0 unspecified atom stereocenters. The largest absolute Gasteiger partial charge is 0.494 e. The van der Waals surface area contributed by atoms with Gasteiger partial charge in [-0.05, 0) is 67.3 Å². The summed E-state index contributed by atoms with van der Waals surface area (Å²) in [5, 5.41) is 7.47. The third kappa shape index (κ3) is 5.17. The number of aromatic amines is 1. The molecule has 2 aromatic heterocycles. The minimum Gasteiger partial charge on any atom is -0.494 e. The maximum Gasteiger partial charge on any atom is 0.206 e. The summed E-state index contributed by atoms with van der Waals surface area (Å²) >= 11 is 0. The predicted molar refractivity (Wildman–Crippen MR) is 130 cm³/mol. The predicted octanol–water partition coefficient (Wildman–Crippen LogP) is 5.09. The van der Waals surface area contributed by atoms with Crippen LogP contribution in [0.3, 0.4) is 0 Å². The van der Waals surface area contributed by atoms with Gasteiger partial charge in [-0.2, -0.15) is 5.10 Å². The number of aromatic nitrogens is 3. The molecule has 4 rings (SSSR count). The Balaban J connectivity index is 1.42. The van der Waals surface area contributed by atoms with Gasteiger partial charge < -0.3 is 4.74 Å². The smallest absolute Gasteiger partial charge is 0.206 e. The molecule has 0 saturated heterocycles. The number of nitrogens with zero attached hydrogens (tertiary/aromatic N) is 2. The standard InChI is InChI=1S/C26H27N3O4S/c1-3-4-13-33-22-8-12-25(18(2)14-22)34(31,32)23-9-5-19(6-10-23)7-11-24(30)20-15-21-17-28-29-26(21)27-16-20/h5-6,8-10,12,14-17H,3-4,7,11,13H2,1-2H3,(H,27,28,29). The summed E-state index contributed by atoms with van der Waals surface area (Å²) in [5.41, 5.74) is 2.71. The van der Waals surface area contributed by atoms with E-state index in [1.165, 1.54) is 0 Å². The molecule has 0 aliphatic rings. The fraction of sp³-hybridized carbons (Fsp3) is 0.269. The van der Waals surface area contributed by atoms with Crippen LogP contribution >= 0.6 is 0 Å². The van der Waals surface area contributed by atoms with Crippen molar-refractivity contribution in [3.8, 4) is 5.75 Å². The molecule has 0 saturated carbocycles. The molecule has 4 aromatic rings. The molecule has 0 radical (unpaired) electrons. The number of ether oxygens (including phenoxy) is 1. The van der Waals surface area contributed by atoms with E-state index in [0.29, 0.717) is 42.0 Å². The number of aryl methyl sites for hydroxylation is 2. The zero-order chi connectivity index (χ0) is 24.1. The molecule has 8 heteroatoms. The highest BCUT2D eigenvalue weighted by Gasteiger charge is 2.20. The minimum absolute atomic E-state index is 0.0239. The number of ketones is 1. The van der Waals surface area contributed by atoms with Crippen LogP contribution in [0.5, 0.6) is 5.75 Å². The van der Waals surface area contributed by atoms with Gasteiger partial charge in [0, 0.05) is 23.6 Å². The van der Waals surface area contributed by atoms with Crippen LogP contribution in [0.15, 0.2) is 70.7 Å². The molecular weight excluding hydrogens is 450 g/mol. The second kappa shape index (κ2) is 10.2. The topological polar surface area (TPSA) is 102 Å². The van der Waals surface area contributed by atoms with Crippen molar-refractivity contribution in [2.45, 2.75) is 49.3 Å². The number of Topliss-reactive ketones (excluding diaryl/α,β-unsaturated/α-hetero) is 1. The lowest BCUT2D eigenvalue weighted by molar-refractivity contribution is 0.0982. The molecule has 0 spiro atoms. The van der Waals surface area contributed by atoms with Crippen LogP contribution in [-0.2, 0) is 16.3 Å². The van der Waals surface area contributed by atoms with Crippen LogP contribution in [0.2, 0.25) is 0 Å². The molecule has 176 valence electrons. The first-order valence-electron chi connectivity index (χ1n) is 11.3. The van der Waals surface area contributed by atoms with E-state index in [0.717, 1.165) is 23.8 Å². The second-order valence-electron chi connectivity index (χ2n) is 8.23. The van der Waals surface area contributed by atoms with E-state index in [2.05, 4.69) is 22.1 Å². The van der Waals surface area contributed by atoms with Crippen molar-refractivity contribution in [3.05, 3.63) is 77.6 Å². The summed E-state index contributed by atoms with van der Waals surface area (Å²) in [7, 11) is -3.66. The van der Waals surface area contributed by atoms with E-state index in [-0.39, 0.29) is 15.6 Å². The molecule has 7 nitrogen and oxygen atoms in total. The van der Waals surface area contributed by atoms with Crippen molar-refractivity contribution in [2.24, 2.45) is 0 Å². The number of pyridine rings is 1. The van der Waals surface area contributed by atoms with Crippen molar-refractivity contribution in [1.29, 1.82) is 0 Å². The van der Waals surface area contributed by atoms with Crippen LogP contribution in [-0.4, -0.2) is 36.0 Å². The van der Waals surface area contributed by atoms with Gasteiger partial charge in [-0.25, -0.2) is 13.4 Å². The molecule has 0 fully saturated rings. The lowest BCUT2D eigenvalue weighted by Crippen LogP contribution is -2.06. The monoisotopic (exact) mass is 477 g/mol. The Hall–Kier alpha value is -3.52. The lowest BCUT2D eigenvalue weighted by Gasteiger charge is -2.11. The van der Waals surface area contributed by atoms with Crippen molar-refractivity contribution in [2.75, 3.05) is 6.61 Å². The van der Waals surface area contributed by atoms with E-state index < -0.39 is 9.84 Å². The van der Waals surface area contributed by atoms with Gasteiger partial charge in [0.05, 0.1) is 22.6 Å². The number of carbonyl (C=O) groups excluding carboxylic acids is 1. The fourth-order valence-electron chi connectivity index (χ4n) is 3.70. The van der Waals surface area contributed by atoms with E-state index in [9.17, 15) is 13.2 Å². The van der Waals surface area contributed by atoms with E-state index in [4.69, 9.17) is 4.74 Å². The quantitative estimate of drug-likeness (QED) is 0.252. The number of sulfone groups is 1. The highest BCUT2D eigenvalue weighted by molar-refractivity contribution is 7.91. The Kier molecular flexibility index (Phi) is 7.07. The molecule has 34 heavy (non-hydrogen) atoms. The highest BCUT2D eigenvalue weighted by Crippen LogP contribution is 2.27. The summed E-state index contributed by atoms with van der Waals surface area (Å²) in [6, 6.07) is 13.5. The average molecular weight is 478 g/mol. The number of hydrogen-bond donors (Lipinski definition) is 1. The number of H-pyrrole nitrogens is 1. The van der Waals surface area contributed by atoms with Gasteiger partial charge in [0.25, 0.3) is 0 Å². The summed E-state index contributed by atoms with van der Waals surface area (Å²) in [6.07, 6.45) is 5.97. The lowest BCUT2D eigenvalue weighted by atomic mass is 10.0. The maximum atomic E-state index is 13.2. The zero-order valence-corrected chi connectivity index (χ0v) is 20.1. The fourth-order valence-corrected chi connectivity index (χ4v) is 5.18. The Morgan fingerprint density at radius 1 is 1.06 bits per heavy atom. The molecule has 2 aromatic carbocycles. The Labute approximate surface area is 199 Å². The molecule has 0 aliphatic heterocycles. The van der Waals surface area contributed by atoms with Crippen LogP contribution in [0.4, 0.5) is 0 Å². The first-order chi connectivity index (χ1) is 16.4. The van der Waals surface area contributed by atoms with Crippen molar-refractivity contribution >= 4 is 26.7 Å². The highest BCUT2D eigenvalue weighted by atomic mass is 32.2. The van der Waals surface area contributed by atoms with Crippen LogP contribution in [0.1, 0.15) is 47.7 Å². The Bertz CT molecular complexity index is 1410. The summed E-state index contributed by atoms with van der Waals surface area (Å²) in [6.45, 7) is 4.47. The zero-order valence-electron chi connectivity index (χ0n) is 19.2. The average Bonchev–Trinajstić information content (AvgIpc) is 3.31. The number of fused-ring (bicyclic) bond motifs is 1. The van der Waals surface area contributed by atoms with Crippen molar-refractivity contribution in [3.63, 3.8) is 0 Å². The number of rotatable bonds is 10. The van der Waals surface area contributed by atoms with Crippen molar-refractivity contribution < 1.29 is 17.9 Å². The summed E-state index contributed by atoms with van der Waals surface area (Å²) in [5.74, 6) is 0.649. The first kappa shape index (κ1) is 23.6. The molecule has 1 N–H and O–H groups in total. The third-order valence-corrected chi connectivity index (χ3v) is 7.62. The van der Waals surface area contributed by atoms with Crippen LogP contribution < -0.4 is 4.74 Å². The normalized spacial score (nSPS) is 11.6. The number of nitrogens with one attached hydrogen (secondary N) is 1. The summed E-state index contributed by atoms with van der Waals surface area (Å²) in [4.78, 5) is 17.3. The minimum atomic E-state index is -3.66. The summed E-state index contributed by atoms with van der Waals surface area (Å²) < 4.78 is 32.0.